The smallest absolute Gasteiger partial charge is 0.273 e. The number of hydrogen-bond donors (Lipinski definition) is 0. The van der Waals surface area contributed by atoms with Gasteiger partial charge in [-0.1, -0.05) is 0 Å². The van der Waals surface area contributed by atoms with Crippen LogP contribution in [0.15, 0.2) is 41.8 Å². The molecular weight excluding hydrogens is 364 g/mol. The van der Waals surface area contributed by atoms with Crippen molar-refractivity contribution < 1.29 is 9.53 Å². The molecule has 136 valence electrons. The van der Waals surface area contributed by atoms with Gasteiger partial charge in [0.2, 0.25) is 0 Å². The number of nitrogens with zero attached hydrogens (tertiary/aromatic N) is 2. The molecule has 4 nitrogen and oxygen atoms in total. The summed E-state index contributed by atoms with van der Waals surface area (Å²) in [5.41, 5.74) is 1.48. The summed E-state index contributed by atoms with van der Waals surface area (Å²) < 4.78 is 5.66. The first-order valence-electron chi connectivity index (χ1n) is 8.46. The molecular formula is C20H22N2O2S2. The molecule has 2 heterocycles. The van der Waals surface area contributed by atoms with Crippen LogP contribution < -0.4 is 4.74 Å². The van der Waals surface area contributed by atoms with E-state index in [4.69, 9.17) is 4.74 Å². The summed E-state index contributed by atoms with van der Waals surface area (Å²) in [6, 6.07) is 12.0. The van der Waals surface area contributed by atoms with E-state index in [9.17, 15) is 4.79 Å². The largest absolute Gasteiger partial charge is 0.491 e. The molecule has 6 heteroatoms. The van der Waals surface area contributed by atoms with Crippen LogP contribution in [0.4, 0.5) is 0 Å². The summed E-state index contributed by atoms with van der Waals surface area (Å²) in [6.45, 7) is 6.67. The molecule has 0 aliphatic heterocycles. The van der Waals surface area contributed by atoms with Gasteiger partial charge >= 0.3 is 0 Å². The van der Waals surface area contributed by atoms with E-state index in [0.717, 1.165) is 16.3 Å². The van der Waals surface area contributed by atoms with Crippen LogP contribution in [0, 0.1) is 6.92 Å². The molecule has 0 unspecified atom stereocenters. The highest BCUT2D eigenvalue weighted by Crippen LogP contribution is 2.27. The van der Waals surface area contributed by atoms with Gasteiger partial charge in [0.05, 0.1) is 12.6 Å². The Bertz CT molecular complexity index is 881. The minimum atomic E-state index is -0.0571. The first-order valence-corrected chi connectivity index (χ1v) is 10.2. The van der Waals surface area contributed by atoms with Gasteiger partial charge in [-0.3, -0.25) is 4.79 Å². The molecule has 0 fully saturated rings. The third-order valence-corrected chi connectivity index (χ3v) is 5.61. The topological polar surface area (TPSA) is 42.4 Å². The number of aryl methyl sites for hydroxylation is 1. The zero-order valence-corrected chi connectivity index (χ0v) is 17.0. The van der Waals surface area contributed by atoms with Crippen molar-refractivity contribution in [1.29, 1.82) is 0 Å². The quantitative estimate of drug-likeness (QED) is 0.582. The second-order valence-electron chi connectivity index (χ2n) is 6.40. The molecule has 0 aliphatic carbocycles. The first-order chi connectivity index (χ1) is 12.4. The molecule has 2 aromatic heterocycles. The zero-order valence-electron chi connectivity index (χ0n) is 15.4. The number of carbonyl (C=O) groups is 1. The van der Waals surface area contributed by atoms with Gasteiger partial charge in [-0.15, -0.1) is 22.7 Å². The Labute approximate surface area is 162 Å². The van der Waals surface area contributed by atoms with E-state index >= 15 is 0 Å². The number of rotatable bonds is 6. The minimum absolute atomic E-state index is 0.0571. The maximum Gasteiger partial charge on any atom is 0.273 e. The zero-order chi connectivity index (χ0) is 18.7. The molecule has 0 N–H and O–H groups in total. The summed E-state index contributed by atoms with van der Waals surface area (Å²) >= 11 is 3.19. The number of benzene rings is 1. The summed E-state index contributed by atoms with van der Waals surface area (Å²) in [6.07, 6.45) is 0.146. The lowest BCUT2D eigenvalue weighted by molar-refractivity contribution is 0.0781. The van der Waals surface area contributed by atoms with E-state index in [1.165, 1.54) is 21.1 Å². The molecule has 0 aliphatic rings. The van der Waals surface area contributed by atoms with E-state index in [1.807, 2.05) is 50.5 Å². The van der Waals surface area contributed by atoms with Crippen molar-refractivity contribution in [1.82, 2.24) is 9.88 Å². The monoisotopic (exact) mass is 386 g/mol. The normalized spacial score (nSPS) is 11.0. The SMILES string of the molecule is Cc1ccc(CN(C)C(=O)c2csc(-c3ccc(OC(C)C)cc3)n2)s1. The van der Waals surface area contributed by atoms with Crippen LogP contribution in [0.25, 0.3) is 10.6 Å². The highest BCUT2D eigenvalue weighted by Gasteiger charge is 2.17. The Hall–Kier alpha value is -2.18. The molecule has 0 bridgehead atoms. The van der Waals surface area contributed by atoms with Gasteiger partial charge in [0, 0.05) is 27.7 Å². The molecule has 3 aromatic rings. The average molecular weight is 387 g/mol. The molecule has 0 saturated carbocycles. The van der Waals surface area contributed by atoms with Gasteiger partial charge in [-0.25, -0.2) is 4.98 Å². The predicted octanol–water partition coefficient (Wildman–Crippen LogP) is 5.24. The Morgan fingerprint density at radius 2 is 1.92 bits per heavy atom. The molecule has 0 atom stereocenters. The summed E-state index contributed by atoms with van der Waals surface area (Å²) in [4.78, 5) is 21.3. The number of amides is 1. The van der Waals surface area contributed by atoms with Crippen molar-refractivity contribution in [2.45, 2.75) is 33.4 Å². The third kappa shape index (κ3) is 4.51. The fraction of sp³-hybridized carbons (Fsp3) is 0.300. The lowest BCUT2D eigenvalue weighted by Gasteiger charge is -2.14. The van der Waals surface area contributed by atoms with E-state index in [2.05, 4.69) is 24.0 Å². The fourth-order valence-electron chi connectivity index (χ4n) is 2.52. The lowest BCUT2D eigenvalue weighted by atomic mass is 10.2. The lowest BCUT2D eigenvalue weighted by Crippen LogP contribution is -2.26. The van der Waals surface area contributed by atoms with Crippen LogP contribution in [0.5, 0.6) is 5.75 Å². The van der Waals surface area contributed by atoms with Gasteiger partial charge in [0.15, 0.2) is 0 Å². The molecule has 26 heavy (non-hydrogen) atoms. The van der Waals surface area contributed by atoms with E-state index in [-0.39, 0.29) is 12.0 Å². The highest BCUT2D eigenvalue weighted by molar-refractivity contribution is 7.13. The average Bonchev–Trinajstić information content (AvgIpc) is 3.23. The van der Waals surface area contributed by atoms with Crippen LogP contribution in [0.1, 0.15) is 34.1 Å². The van der Waals surface area contributed by atoms with Crippen molar-refractivity contribution in [3.8, 4) is 16.3 Å². The number of aromatic nitrogens is 1. The predicted molar refractivity (Wildman–Crippen MR) is 108 cm³/mol. The van der Waals surface area contributed by atoms with E-state index in [1.54, 1.807) is 16.2 Å². The Morgan fingerprint density at radius 1 is 1.19 bits per heavy atom. The van der Waals surface area contributed by atoms with Crippen molar-refractivity contribution in [2.75, 3.05) is 7.05 Å². The fourth-order valence-corrected chi connectivity index (χ4v) is 4.27. The van der Waals surface area contributed by atoms with Crippen LogP contribution >= 0.6 is 22.7 Å². The maximum atomic E-state index is 12.6. The van der Waals surface area contributed by atoms with Crippen molar-refractivity contribution in [3.05, 3.63) is 57.2 Å². The minimum Gasteiger partial charge on any atom is -0.491 e. The number of ether oxygens (including phenoxy) is 1. The van der Waals surface area contributed by atoms with Crippen LogP contribution in [-0.4, -0.2) is 28.9 Å². The van der Waals surface area contributed by atoms with Gasteiger partial charge in [0.1, 0.15) is 16.5 Å². The van der Waals surface area contributed by atoms with Crippen molar-refractivity contribution in [3.63, 3.8) is 0 Å². The van der Waals surface area contributed by atoms with Crippen molar-refractivity contribution >= 4 is 28.6 Å². The number of thiazole rings is 1. The standard InChI is InChI=1S/C20H22N2O2S2/c1-13(2)24-16-8-6-15(7-9-16)19-21-18(12-25-19)20(23)22(4)11-17-10-5-14(3)26-17/h5-10,12-13H,11H2,1-4H3. The summed E-state index contributed by atoms with van der Waals surface area (Å²) in [5, 5.41) is 2.66. The Kier molecular flexibility index (Phi) is 5.74. The van der Waals surface area contributed by atoms with Crippen molar-refractivity contribution in [2.24, 2.45) is 0 Å². The molecule has 3 rings (SSSR count). The van der Waals surface area contributed by atoms with Gasteiger partial charge in [-0.05, 0) is 57.2 Å². The number of hydrogen-bond acceptors (Lipinski definition) is 5. The molecule has 0 saturated heterocycles. The van der Waals surface area contributed by atoms with Gasteiger partial charge in [0.25, 0.3) is 5.91 Å². The molecule has 0 spiro atoms. The van der Waals surface area contributed by atoms with Crippen LogP contribution in [0.2, 0.25) is 0 Å². The third-order valence-electron chi connectivity index (χ3n) is 3.73. The number of thiophene rings is 1. The van der Waals surface area contributed by atoms with Crippen LogP contribution in [0.3, 0.4) is 0 Å². The van der Waals surface area contributed by atoms with Gasteiger partial charge < -0.3 is 9.64 Å². The number of carbonyl (C=O) groups excluding carboxylic acids is 1. The van der Waals surface area contributed by atoms with E-state index in [0.29, 0.717) is 12.2 Å². The van der Waals surface area contributed by atoms with E-state index < -0.39 is 0 Å². The molecule has 1 amide bonds. The second-order valence-corrected chi connectivity index (χ2v) is 8.63. The molecule has 0 radical (unpaired) electrons. The Morgan fingerprint density at radius 3 is 2.54 bits per heavy atom. The Balaban J connectivity index is 1.69. The second kappa shape index (κ2) is 8.01. The highest BCUT2D eigenvalue weighted by atomic mass is 32.1. The van der Waals surface area contributed by atoms with Gasteiger partial charge in [-0.2, -0.15) is 0 Å². The first kappa shape index (κ1) is 18.6. The van der Waals surface area contributed by atoms with Crippen LogP contribution in [-0.2, 0) is 6.54 Å². The molecule has 1 aromatic carbocycles. The maximum absolute atomic E-state index is 12.6. The summed E-state index contributed by atoms with van der Waals surface area (Å²) in [5.74, 6) is 0.779. The summed E-state index contributed by atoms with van der Waals surface area (Å²) in [7, 11) is 1.81.